The molecule has 1 saturated heterocycles. The van der Waals surface area contributed by atoms with E-state index in [0.29, 0.717) is 39.6 Å². The van der Waals surface area contributed by atoms with E-state index in [1.54, 1.807) is 42.5 Å². The lowest BCUT2D eigenvalue weighted by atomic mass is 10.2. The van der Waals surface area contributed by atoms with E-state index in [-0.39, 0.29) is 17.3 Å². The van der Waals surface area contributed by atoms with Crippen LogP contribution in [0.5, 0.6) is 5.75 Å². The summed E-state index contributed by atoms with van der Waals surface area (Å²) >= 11 is 0.608. The summed E-state index contributed by atoms with van der Waals surface area (Å²) in [7, 11) is 0. The van der Waals surface area contributed by atoms with Crippen molar-refractivity contribution >= 4 is 40.6 Å². The fourth-order valence-electron chi connectivity index (χ4n) is 3.18. The number of hydrogen-bond acceptors (Lipinski definition) is 5. The molecule has 1 aliphatic heterocycles. The van der Waals surface area contributed by atoms with Gasteiger partial charge in [-0.3, -0.25) is 19.3 Å². The molecule has 0 radical (unpaired) electrons. The highest BCUT2D eigenvalue weighted by Gasteiger charge is 2.36. The molecule has 3 aromatic rings. The lowest BCUT2D eigenvalue weighted by Crippen LogP contribution is -2.36. The molecule has 184 valence electrons. The van der Waals surface area contributed by atoms with Crippen molar-refractivity contribution in [3.63, 3.8) is 0 Å². The highest BCUT2D eigenvalue weighted by molar-refractivity contribution is 8.18. The molecular formula is C25H16F4N2O4S. The van der Waals surface area contributed by atoms with Crippen molar-refractivity contribution in [2.75, 3.05) is 11.9 Å². The molecule has 4 rings (SSSR count). The lowest BCUT2D eigenvalue weighted by molar-refractivity contribution is -0.127. The zero-order chi connectivity index (χ0) is 25.8. The molecule has 6 nitrogen and oxygen atoms in total. The number of halogens is 4. The second-order valence-corrected chi connectivity index (χ2v) is 8.48. The first-order valence-electron chi connectivity index (χ1n) is 10.4. The maximum absolute atomic E-state index is 13.8. The van der Waals surface area contributed by atoms with Crippen molar-refractivity contribution in [2.45, 2.75) is 6.61 Å². The molecule has 1 fully saturated rings. The number of benzene rings is 3. The van der Waals surface area contributed by atoms with Gasteiger partial charge in [0, 0.05) is 5.56 Å². The predicted molar refractivity (Wildman–Crippen MR) is 125 cm³/mol. The Morgan fingerprint density at radius 2 is 1.64 bits per heavy atom. The maximum Gasteiger partial charge on any atom is 0.294 e. The largest absolute Gasteiger partial charge is 0.489 e. The summed E-state index contributed by atoms with van der Waals surface area (Å²) in [5, 5.41) is 1.29. The van der Waals surface area contributed by atoms with E-state index >= 15 is 0 Å². The summed E-state index contributed by atoms with van der Waals surface area (Å²) in [4.78, 5) is 37.8. The zero-order valence-corrected chi connectivity index (χ0v) is 19.1. The van der Waals surface area contributed by atoms with Gasteiger partial charge in [0.2, 0.25) is 5.91 Å². The van der Waals surface area contributed by atoms with Crippen LogP contribution in [0, 0.1) is 23.3 Å². The Labute approximate surface area is 206 Å². The summed E-state index contributed by atoms with van der Waals surface area (Å²) in [6, 6.07) is 14.1. The topological polar surface area (TPSA) is 75.7 Å². The molecule has 0 saturated carbocycles. The van der Waals surface area contributed by atoms with E-state index in [9.17, 15) is 31.9 Å². The number of imide groups is 1. The van der Waals surface area contributed by atoms with Gasteiger partial charge in [-0.15, -0.1) is 0 Å². The van der Waals surface area contributed by atoms with Gasteiger partial charge in [0.15, 0.2) is 17.5 Å². The van der Waals surface area contributed by atoms with E-state index < -0.39 is 46.7 Å². The third-order valence-electron chi connectivity index (χ3n) is 5.01. The average Bonchev–Trinajstić information content (AvgIpc) is 3.12. The number of hydrogen-bond donors (Lipinski definition) is 1. The van der Waals surface area contributed by atoms with Crippen LogP contribution < -0.4 is 10.1 Å². The highest BCUT2D eigenvalue weighted by Crippen LogP contribution is 2.32. The summed E-state index contributed by atoms with van der Waals surface area (Å²) in [6.45, 7) is -0.718. The number of rotatable bonds is 7. The minimum Gasteiger partial charge on any atom is -0.489 e. The molecule has 0 bridgehead atoms. The average molecular weight is 516 g/mol. The van der Waals surface area contributed by atoms with Crippen LogP contribution in [-0.2, 0) is 16.2 Å². The van der Waals surface area contributed by atoms with Crippen LogP contribution in [-0.4, -0.2) is 28.5 Å². The number of nitrogens with zero attached hydrogens (tertiary/aromatic N) is 1. The number of ether oxygens (including phenoxy) is 1. The van der Waals surface area contributed by atoms with Gasteiger partial charge in [-0.2, -0.15) is 0 Å². The van der Waals surface area contributed by atoms with Gasteiger partial charge < -0.3 is 10.1 Å². The number of carbonyl (C=O) groups is 3. The Morgan fingerprint density at radius 1 is 0.917 bits per heavy atom. The predicted octanol–water partition coefficient (Wildman–Crippen LogP) is 5.50. The maximum atomic E-state index is 13.8. The number of carbonyl (C=O) groups excluding carboxylic acids is 3. The van der Waals surface area contributed by atoms with Crippen LogP contribution in [0.4, 0.5) is 28.0 Å². The van der Waals surface area contributed by atoms with Gasteiger partial charge in [-0.1, -0.05) is 30.3 Å². The zero-order valence-electron chi connectivity index (χ0n) is 18.3. The van der Waals surface area contributed by atoms with Gasteiger partial charge >= 0.3 is 0 Å². The molecule has 3 amide bonds. The van der Waals surface area contributed by atoms with E-state index in [2.05, 4.69) is 0 Å². The molecule has 0 unspecified atom stereocenters. The summed E-state index contributed by atoms with van der Waals surface area (Å²) in [6.07, 6.45) is 1.44. The molecule has 1 N–H and O–H groups in total. The third-order valence-corrected chi connectivity index (χ3v) is 5.92. The normalized spacial score (nSPS) is 14.4. The quantitative estimate of drug-likeness (QED) is 0.255. The van der Waals surface area contributed by atoms with Gasteiger partial charge in [0.25, 0.3) is 11.1 Å². The lowest BCUT2D eigenvalue weighted by Gasteiger charge is -2.13. The third kappa shape index (κ3) is 5.57. The molecule has 3 aromatic carbocycles. The van der Waals surface area contributed by atoms with Crippen LogP contribution in [0.3, 0.4) is 0 Å². The smallest absolute Gasteiger partial charge is 0.294 e. The van der Waals surface area contributed by atoms with Gasteiger partial charge in [0.1, 0.15) is 24.7 Å². The van der Waals surface area contributed by atoms with Crippen LogP contribution in [0.15, 0.2) is 65.6 Å². The first-order valence-corrected chi connectivity index (χ1v) is 11.2. The van der Waals surface area contributed by atoms with Crippen LogP contribution >= 0.6 is 11.8 Å². The molecule has 36 heavy (non-hydrogen) atoms. The Hall–Kier alpha value is -4.12. The number of thioether (sulfide) groups is 1. The van der Waals surface area contributed by atoms with Gasteiger partial charge in [-0.25, -0.2) is 17.6 Å². The van der Waals surface area contributed by atoms with Crippen molar-refractivity contribution in [1.29, 1.82) is 0 Å². The SMILES string of the molecule is O=C(CN1C(=O)S/C(=C/c2ccc(OCc3ccccc3F)cc2)C1=O)Nc1ccc(F)c(F)c1F. The van der Waals surface area contributed by atoms with E-state index in [4.69, 9.17) is 4.74 Å². The molecule has 0 aromatic heterocycles. The molecular weight excluding hydrogens is 500 g/mol. The minimum atomic E-state index is -1.76. The second kappa shape index (κ2) is 10.6. The standard InChI is InChI=1S/C25H16F4N2O4S/c26-17-4-2-1-3-15(17)13-35-16-7-5-14(6-8-16)11-20-24(33)31(25(34)36-20)12-21(32)30-19-10-9-18(27)22(28)23(19)29/h1-11H,12-13H2,(H,30,32)/b20-11+. The number of anilines is 1. The van der Waals surface area contributed by atoms with Crippen molar-refractivity contribution in [1.82, 2.24) is 4.90 Å². The second-order valence-electron chi connectivity index (χ2n) is 7.49. The van der Waals surface area contributed by atoms with Gasteiger partial charge in [-0.05, 0) is 53.7 Å². The molecule has 0 aliphatic carbocycles. The van der Waals surface area contributed by atoms with E-state index in [1.807, 2.05) is 5.32 Å². The summed E-state index contributed by atoms with van der Waals surface area (Å²) in [5.74, 6) is -6.42. The Bertz CT molecular complexity index is 1380. The number of amides is 3. The van der Waals surface area contributed by atoms with Crippen LogP contribution in [0.25, 0.3) is 6.08 Å². The van der Waals surface area contributed by atoms with Crippen molar-refractivity contribution in [2.24, 2.45) is 0 Å². The Balaban J connectivity index is 1.38. The Kier molecular flexibility index (Phi) is 7.39. The van der Waals surface area contributed by atoms with Gasteiger partial charge in [0.05, 0.1) is 10.6 Å². The fourth-order valence-corrected chi connectivity index (χ4v) is 4.02. The minimum absolute atomic E-state index is 0.0292. The molecule has 1 heterocycles. The molecule has 0 atom stereocenters. The molecule has 0 spiro atoms. The first-order chi connectivity index (χ1) is 17.2. The molecule has 1 aliphatic rings. The monoisotopic (exact) mass is 516 g/mol. The number of nitrogens with one attached hydrogen (secondary N) is 1. The van der Waals surface area contributed by atoms with Crippen LogP contribution in [0.2, 0.25) is 0 Å². The summed E-state index contributed by atoms with van der Waals surface area (Å²) < 4.78 is 59.4. The van der Waals surface area contributed by atoms with E-state index in [0.717, 1.165) is 6.07 Å². The van der Waals surface area contributed by atoms with Crippen molar-refractivity contribution in [3.05, 3.63) is 100.0 Å². The Morgan fingerprint density at radius 3 is 2.36 bits per heavy atom. The summed E-state index contributed by atoms with van der Waals surface area (Å²) in [5.41, 5.74) is 0.331. The highest BCUT2D eigenvalue weighted by atomic mass is 32.2. The first kappa shape index (κ1) is 25.0. The fraction of sp³-hybridized carbons (Fsp3) is 0.0800. The van der Waals surface area contributed by atoms with Crippen LogP contribution in [0.1, 0.15) is 11.1 Å². The van der Waals surface area contributed by atoms with E-state index in [1.165, 1.54) is 12.1 Å². The van der Waals surface area contributed by atoms with Crippen molar-refractivity contribution < 1.29 is 36.7 Å². The molecule has 11 heteroatoms. The van der Waals surface area contributed by atoms with Crippen molar-refractivity contribution in [3.8, 4) is 5.75 Å².